The second kappa shape index (κ2) is 4.44. The molecule has 0 bridgehead atoms. The molecule has 0 unspecified atom stereocenters. The zero-order valence-electron chi connectivity index (χ0n) is 9.02. The zero-order valence-corrected chi connectivity index (χ0v) is 9.84. The Bertz CT molecular complexity index is 475. The van der Waals surface area contributed by atoms with E-state index in [1.165, 1.54) is 23.9 Å². The SMILES string of the molecule is CC(C)c1csc(NC(=O)c2cnc[nH]2)n1. The van der Waals surface area contributed by atoms with Crippen LogP contribution in [-0.4, -0.2) is 20.9 Å². The van der Waals surface area contributed by atoms with Crippen molar-refractivity contribution in [3.05, 3.63) is 29.3 Å². The molecule has 16 heavy (non-hydrogen) atoms. The van der Waals surface area contributed by atoms with Crippen LogP contribution in [0.15, 0.2) is 17.9 Å². The van der Waals surface area contributed by atoms with Gasteiger partial charge in [-0.15, -0.1) is 11.3 Å². The minimum absolute atomic E-state index is 0.220. The summed E-state index contributed by atoms with van der Waals surface area (Å²) in [7, 11) is 0. The Morgan fingerprint density at radius 3 is 2.94 bits per heavy atom. The Morgan fingerprint density at radius 1 is 1.56 bits per heavy atom. The van der Waals surface area contributed by atoms with Gasteiger partial charge in [-0.1, -0.05) is 13.8 Å². The lowest BCUT2D eigenvalue weighted by atomic mass is 10.2. The summed E-state index contributed by atoms with van der Waals surface area (Å²) >= 11 is 1.43. The molecule has 0 saturated heterocycles. The number of carbonyl (C=O) groups excluding carboxylic acids is 1. The van der Waals surface area contributed by atoms with Gasteiger partial charge in [0.2, 0.25) is 0 Å². The molecule has 0 saturated carbocycles. The number of aromatic nitrogens is 3. The number of carbonyl (C=O) groups is 1. The highest BCUT2D eigenvalue weighted by Gasteiger charge is 2.10. The summed E-state index contributed by atoms with van der Waals surface area (Å²) in [6, 6.07) is 0. The van der Waals surface area contributed by atoms with Gasteiger partial charge in [0, 0.05) is 5.38 Å². The van der Waals surface area contributed by atoms with Gasteiger partial charge in [-0.2, -0.15) is 0 Å². The number of thiazole rings is 1. The standard InChI is InChI=1S/C10H12N4OS/c1-6(2)8-4-16-10(13-8)14-9(15)7-3-11-5-12-7/h3-6H,1-2H3,(H,11,12)(H,13,14,15). The molecule has 2 N–H and O–H groups in total. The summed E-state index contributed by atoms with van der Waals surface area (Å²) in [6.45, 7) is 4.13. The molecule has 0 aliphatic heterocycles. The Labute approximate surface area is 96.9 Å². The molecule has 0 fully saturated rings. The van der Waals surface area contributed by atoms with E-state index in [1.54, 1.807) is 0 Å². The van der Waals surface area contributed by atoms with Crippen molar-refractivity contribution in [2.45, 2.75) is 19.8 Å². The second-order valence-corrected chi connectivity index (χ2v) is 4.51. The molecule has 5 nitrogen and oxygen atoms in total. The fourth-order valence-corrected chi connectivity index (χ4v) is 2.02. The summed E-state index contributed by atoms with van der Waals surface area (Å²) in [5.41, 5.74) is 1.42. The molecular formula is C10H12N4OS. The number of hydrogen-bond donors (Lipinski definition) is 2. The third-order valence-corrected chi connectivity index (χ3v) is 2.85. The minimum atomic E-state index is -0.220. The number of amides is 1. The normalized spacial score (nSPS) is 10.7. The first-order valence-electron chi connectivity index (χ1n) is 4.92. The van der Waals surface area contributed by atoms with Gasteiger partial charge in [-0.3, -0.25) is 10.1 Å². The van der Waals surface area contributed by atoms with Gasteiger partial charge in [0.1, 0.15) is 5.69 Å². The zero-order chi connectivity index (χ0) is 11.5. The molecule has 0 aliphatic rings. The number of nitrogens with one attached hydrogen (secondary N) is 2. The van der Waals surface area contributed by atoms with E-state index in [-0.39, 0.29) is 5.91 Å². The summed E-state index contributed by atoms with van der Waals surface area (Å²) in [5.74, 6) is 0.149. The monoisotopic (exact) mass is 236 g/mol. The van der Waals surface area contributed by atoms with Crippen molar-refractivity contribution in [1.82, 2.24) is 15.0 Å². The number of anilines is 1. The van der Waals surface area contributed by atoms with Crippen molar-refractivity contribution in [2.24, 2.45) is 0 Å². The lowest BCUT2D eigenvalue weighted by molar-refractivity contribution is 0.102. The molecule has 6 heteroatoms. The van der Waals surface area contributed by atoms with E-state index in [0.717, 1.165) is 5.69 Å². The lowest BCUT2D eigenvalue weighted by Crippen LogP contribution is -2.12. The van der Waals surface area contributed by atoms with Crippen LogP contribution < -0.4 is 5.32 Å². The predicted molar refractivity (Wildman–Crippen MR) is 62.7 cm³/mol. The highest BCUT2D eigenvalue weighted by Crippen LogP contribution is 2.21. The molecule has 2 aromatic heterocycles. The van der Waals surface area contributed by atoms with Crippen LogP contribution in [0.25, 0.3) is 0 Å². The van der Waals surface area contributed by atoms with Gasteiger partial charge in [0.25, 0.3) is 5.91 Å². The van der Waals surface area contributed by atoms with Crippen molar-refractivity contribution >= 4 is 22.4 Å². The molecule has 0 spiro atoms. The third-order valence-electron chi connectivity index (χ3n) is 2.08. The van der Waals surface area contributed by atoms with E-state index in [9.17, 15) is 4.79 Å². The van der Waals surface area contributed by atoms with E-state index in [1.807, 2.05) is 5.38 Å². The maximum Gasteiger partial charge on any atom is 0.275 e. The molecule has 0 atom stereocenters. The van der Waals surface area contributed by atoms with Crippen LogP contribution in [0.3, 0.4) is 0 Å². The second-order valence-electron chi connectivity index (χ2n) is 3.65. The first kappa shape index (κ1) is 10.8. The number of rotatable bonds is 3. The number of hydrogen-bond acceptors (Lipinski definition) is 4. The van der Waals surface area contributed by atoms with Gasteiger partial charge in [0.05, 0.1) is 18.2 Å². The maximum absolute atomic E-state index is 11.6. The number of nitrogens with zero attached hydrogens (tertiary/aromatic N) is 2. The summed E-state index contributed by atoms with van der Waals surface area (Å²) in [4.78, 5) is 22.5. The van der Waals surface area contributed by atoms with Crippen LogP contribution in [0.4, 0.5) is 5.13 Å². The van der Waals surface area contributed by atoms with Crippen molar-refractivity contribution in [1.29, 1.82) is 0 Å². The number of H-pyrrole nitrogens is 1. The van der Waals surface area contributed by atoms with Crippen LogP contribution in [-0.2, 0) is 0 Å². The molecular weight excluding hydrogens is 224 g/mol. The summed E-state index contributed by atoms with van der Waals surface area (Å²) in [6.07, 6.45) is 2.95. The molecule has 1 amide bonds. The average Bonchev–Trinajstić information content (AvgIpc) is 2.87. The van der Waals surface area contributed by atoms with Crippen molar-refractivity contribution in [3.8, 4) is 0 Å². The van der Waals surface area contributed by atoms with Crippen molar-refractivity contribution in [2.75, 3.05) is 5.32 Å². The Hall–Kier alpha value is -1.69. The first-order chi connectivity index (χ1) is 7.66. The summed E-state index contributed by atoms with van der Waals surface area (Å²) in [5, 5.41) is 5.28. The van der Waals surface area contributed by atoms with Gasteiger partial charge in [-0.05, 0) is 5.92 Å². The quantitative estimate of drug-likeness (QED) is 0.858. The Kier molecular flexibility index (Phi) is 3.00. The third kappa shape index (κ3) is 2.27. The van der Waals surface area contributed by atoms with Crippen molar-refractivity contribution in [3.63, 3.8) is 0 Å². The maximum atomic E-state index is 11.6. The van der Waals surface area contributed by atoms with Crippen LogP contribution >= 0.6 is 11.3 Å². The average molecular weight is 236 g/mol. The topological polar surface area (TPSA) is 70.7 Å². The Morgan fingerprint density at radius 2 is 2.38 bits per heavy atom. The predicted octanol–water partition coefficient (Wildman–Crippen LogP) is 2.24. The molecule has 2 rings (SSSR count). The highest BCUT2D eigenvalue weighted by atomic mass is 32.1. The fourth-order valence-electron chi connectivity index (χ4n) is 1.15. The van der Waals surface area contributed by atoms with E-state index >= 15 is 0 Å². The van der Waals surface area contributed by atoms with E-state index in [4.69, 9.17) is 0 Å². The van der Waals surface area contributed by atoms with Gasteiger partial charge >= 0.3 is 0 Å². The van der Waals surface area contributed by atoms with Gasteiger partial charge < -0.3 is 4.98 Å². The van der Waals surface area contributed by atoms with Crippen LogP contribution in [0.2, 0.25) is 0 Å². The molecule has 0 aromatic carbocycles. The first-order valence-corrected chi connectivity index (χ1v) is 5.80. The van der Waals surface area contributed by atoms with E-state index in [0.29, 0.717) is 16.7 Å². The smallest absolute Gasteiger partial charge is 0.275 e. The van der Waals surface area contributed by atoms with Gasteiger partial charge in [-0.25, -0.2) is 9.97 Å². The largest absolute Gasteiger partial charge is 0.341 e. The molecule has 2 aromatic rings. The fraction of sp³-hybridized carbons (Fsp3) is 0.300. The van der Waals surface area contributed by atoms with Gasteiger partial charge in [0.15, 0.2) is 5.13 Å². The van der Waals surface area contributed by atoms with E-state index in [2.05, 4.69) is 34.1 Å². The number of imidazole rings is 1. The summed E-state index contributed by atoms with van der Waals surface area (Å²) < 4.78 is 0. The Balaban J connectivity index is 2.07. The molecule has 0 radical (unpaired) electrons. The van der Waals surface area contributed by atoms with Crippen LogP contribution in [0, 0.1) is 0 Å². The molecule has 0 aliphatic carbocycles. The number of aromatic amines is 1. The lowest BCUT2D eigenvalue weighted by Gasteiger charge is -1.99. The molecule has 2 heterocycles. The highest BCUT2D eigenvalue weighted by molar-refractivity contribution is 7.14. The van der Waals surface area contributed by atoms with Crippen molar-refractivity contribution < 1.29 is 4.79 Å². The van der Waals surface area contributed by atoms with E-state index < -0.39 is 0 Å². The van der Waals surface area contributed by atoms with Crippen LogP contribution in [0.1, 0.15) is 35.9 Å². The van der Waals surface area contributed by atoms with Crippen LogP contribution in [0.5, 0.6) is 0 Å². The molecule has 84 valence electrons. The minimum Gasteiger partial charge on any atom is -0.341 e.